The number of rotatable bonds is 6. The molecule has 2 heterocycles. The number of ether oxygens (including phenoxy) is 1. The lowest BCUT2D eigenvalue weighted by Crippen LogP contribution is -2.22. The Morgan fingerprint density at radius 2 is 2.13 bits per heavy atom. The Morgan fingerprint density at radius 3 is 2.83 bits per heavy atom. The maximum Gasteiger partial charge on any atom is 0.159 e. The van der Waals surface area contributed by atoms with Crippen molar-refractivity contribution in [2.24, 2.45) is 5.92 Å². The fourth-order valence-electron chi connectivity index (χ4n) is 3.75. The molecule has 7 nitrogen and oxygen atoms in total. The van der Waals surface area contributed by atoms with Crippen LogP contribution < -0.4 is 15.0 Å². The zero-order chi connectivity index (χ0) is 21.1. The molecule has 0 radical (unpaired) electrons. The van der Waals surface area contributed by atoms with Crippen molar-refractivity contribution in [1.82, 2.24) is 10.2 Å². The molecule has 30 heavy (non-hydrogen) atoms. The highest BCUT2D eigenvalue weighted by atomic mass is 79.9. The highest BCUT2D eigenvalue weighted by Gasteiger charge is 2.25. The van der Waals surface area contributed by atoms with Gasteiger partial charge in [-0.25, -0.2) is 0 Å². The summed E-state index contributed by atoms with van der Waals surface area (Å²) in [5.74, 6) is 2.46. The van der Waals surface area contributed by atoms with Crippen LogP contribution in [0.25, 0.3) is 10.8 Å². The lowest BCUT2D eigenvalue weighted by molar-refractivity contribution is 0.238. The molecule has 1 saturated heterocycles. The minimum atomic E-state index is 0.178. The fourth-order valence-corrected chi connectivity index (χ4v) is 4.34. The topological polar surface area (TPSA) is 94.3 Å². The van der Waals surface area contributed by atoms with E-state index in [1.165, 1.54) is 0 Å². The van der Waals surface area contributed by atoms with E-state index in [0.29, 0.717) is 17.9 Å². The molecule has 1 aromatic heterocycles. The first-order valence-corrected chi connectivity index (χ1v) is 10.5. The number of methoxy groups -OCH3 is 1. The third-order valence-electron chi connectivity index (χ3n) is 5.41. The first-order chi connectivity index (χ1) is 14.6. The molecular weight excluding hydrogens is 446 g/mol. The van der Waals surface area contributed by atoms with Crippen molar-refractivity contribution < 1.29 is 9.84 Å². The molecule has 1 fully saturated rings. The van der Waals surface area contributed by atoms with Gasteiger partial charge in [0.25, 0.3) is 0 Å². The van der Waals surface area contributed by atoms with Crippen LogP contribution in [0.5, 0.6) is 5.75 Å². The summed E-state index contributed by atoms with van der Waals surface area (Å²) in [6.07, 6.45) is 0.933. The first-order valence-electron chi connectivity index (χ1n) is 9.75. The molecule has 0 unspecified atom stereocenters. The Hall–Kier alpha value is -2.89. The second kappa shape index (κ2) is 8.86. The summed E-state index contributed by atoms with van der Waals surface area (Å²) in [6, 6.07) is 13.7. The Kier molecular flexibility index (Phi) is 6.02. The normalized spacial score (nSPS) is 15.9. The van der Waals surface area contributed by atoms with Crippen molar-refractivity contribution in [2.75, 3.05) is 37.0 Å². The van der Waals surface area contributed by atoms with Gasteiger partial charge in [0.05, 0.1) is 23.2 Å². The number of aromatic nitrogens is 2. The van der Waals surface area contributed by atoms with Crippen LogP contribution in [0.1, 0.15) is 17.5 Å². The van der Waals surface area contributed by atoms with Gasteiger partial charge in [-0.05, 0) is 58.2 Å². The number of benzene rings is 2. The summed E-state index contributed by atoms with van der Waals surface area (Å²) >= 11 is 3.51. The number of halogens is 1. The van der Waals surface area contributed by atoms with E-state index in [-0.39, 0.29) is 12.5 Å². The Labute approximate surface area is 183 Å². The number of aliphatic hydroxyl groups is 1. The van der Waals surface area contributed by atoms with Crippen LogP contribution in [0.4, 0.5) is 11.6 Å². The minimum Gasteiger partial charge on any atom is -0.496 e. The smallest absolute Gasteiger partial charge is 0.159 e. The quantitative estimate of drug-likeness (QED) is 0.570. The van der Waals surface area contributed by atoms with Crippen molar-refractivity contribution in [3.8, 4) is 11.8 Å². The Balaban J connectivity index is 1.65. The van der Waals surface area contributed by atoms with Crippen molar-refractivity contribution >= 4 is 38.3 Å². The van der Waals surface area contributed by atoms with Gasteiger partial charge in [-0.1, -0.05) is 6.07 Å². The van der Waals surface area contributed by atoms with Crippen LogP contribution in [-0.2, 0) is 6.54 Å². The summed E-state index contributed by atoms with van der Waals surface area (Å²) in [6.45, 7) is 2.32. The molecule has 8 heteroatoms. The number of nitrogens with one attached hydrogen (secondary N) is 1. The zero-order valence-corrected chi connectivity index (χ0v) is 18.2. The largest absolute Gasteiger partial charge is 0.496 e. The average Bonchev–Trinajstić information content (AvgIpc) is 3.26. The van der Waals surface area contributed by atoms with Crippen LogP contribution in [0.15, 0.2) is 40.9 Å². The number of hydrogen-bond donors (Lipinski definition) is 2. The van der Waals surface area contributed by atoms with Gasteiger partial charge in [0.2, 0.25) is 0 Å². The number of aliphatic hydroxyl groups excluding tert-OH is 1. The van der Waals surface area contributed by atoms with Crippen LogP contribution in [0, 0.1) is 17.2 Å². The molecule has 0 saturated carbocycles. The summed E-state index contributed by atoms with van der Waals surface area (Å²) in [4.78, 5) is 2.16. The maximum atomic E-state index is 9.47. The summed E-state index contributed by atoms with van der Waals surface area (Å²) in [5.41, 5.74) is 1.63. The number of hydrogen-bond acceptors (Lipinski definition) is 7. The lowest BCUT2D eigenvalue weighted by atomic mass is 10.1. The van der Waals surface area contributed by atoms with Gasteiger partial charge >= 0.3 is 0 Å². The first kappa shape index (κ1) is 20.4. The Morgan fingerprint density at radius 1 is 1.27 bits per heavy atom. The SMILES string of the molecule is COc1ccc(CNc2nnc(N3CC[C@@H](CO)C3)c3ccc(C#N)cc23)cc1Br. The molecule has 0 aliphatic carbocycles. The molecule has 2 aromatic carbocycles. The molecule has 3 aromatic rings. The highest BCUT2D eigenvalue weighted by molar-refractivity contribution is 9.10. The highest BCUT2D eigenvalue weighted by Crippen LogP contribution is 2.33. The predicted octanol–water partition coefficient (Wildman–Crippen LogP) is 3.70. The van der Waals surface area contributed by atoms with Gasteiger partial charge in [-0.3, -0.25) is 0 Å². The molecule has 2 N–H and O–H groups in total. The van der Waals surface area contributed by atoms with E-state index in [1.54, 1.807) is 13.2 Å². The van der Waals surface area contributed by atoms with E-state index in [9.17, 15) is 10.4 Å². The monoisotopic (exact) mass is 467 g/mol. The van der Waals surface area contributed by atoms with E-state index in [1.807, 2.05) is 30.3 Å². The van der Waals surface area contributed by atoms with Crippen molar-refractivity contribution in [3.63, 3.8) is 0 Å². The van der Waals surface area contributed by atoms with E-state index >= 15 is 0 Å². The molecule has 0 spiro atoms. The van der Waals surface area contributed by atoms with Gasteiger partial charge in [0.1, 0.15) is 5.75 Å². The summed E-state index contributed by atoms with van der Waals surface area (Å²) < 4.78 is 6.17. The molecule has 1 aliphatic rings. The van der Waals surface area contributed by atoms with Crippen molar-refractivity contribution in [2.45, 2.75) is 13.0 Å². The summed E-state index contributed by atoms with van der Waals surface area (Å²) in [5, 5.41) is 32.9. The van der Waals surface area contributed by atoms with Crippen LogP contribution in [0.2, 0.25) is 0 Å². The van der Waals surface area contributed by atoms with Crippen LogP contribution >= 0.6 is 15.9 Å². The summed E-state index contributed by atoms with van der Waals surface area (Å²) in [7, 11) is 1.64. The number of nitriles is 1. The third-order valence-corrected chi connectivity index (χ3v) is 6.03. The molecule has 0 amide bonds. The standard InChI is InChI=1S/C22H22BrN5O2/c1-30-20-5-3-15(9-19(20)23)11-25-21-18-8-14(10-24)2-4-17(18)22(27-26-21)28-7-6-16(12-28)13-29/h2-5,8-9,16,29H,6-7,11-13H2,1H3,(H,25,26)/t16-/m1/s1. The van der Waals surface area contributed by atoms with Gasteiger partial charge in [0.15, 0.2) is 11.6 Å². The lowest BCUT2D eigenvalue weighted by Gasteiger charge is -2.20. The third kappa shape index (κ3) is 4.04. The van der Waals surface area contributed by atoms with Gasteiger partial charge in [-0.15, -0.1) is 10.2 Å². The Bertz CT molecular complexity index is 1110. The second-order valence-electron chi connectivity index (χ2n) is 7.35. The van der Waals surface area contributed by atoms with Crippen molar-refractivity contribution in [3.05, 3.63) is 52.0 Å². The number of nitrogens with zero attached hydrogens (tertiary/aromatic N) is 4. The zero-order valence-electron chi connectivity index (χ0n) is 16.6. The molecule has 154 valence electrons. The van der Waals surface area contributed by atoms with E-state index in [0.717, 1.165) is 51.9 Å². The fraction of sp³-hybridized carbons (Fsp3) is 0.318. The number of anilines is 2. The van der Waals surface area contributed by atoms with Crippen molar-refractivity contribution in [1.29, 1.82) is 5.26 Å². The van der Waals surface area contributed by atoms with E-state index in [4.69, 9.17) is 4.74 Å². The van der Waals surface area contributed by atoms with Gasteiger partial charge in [0, 0.05) is 42.9 Å². The maximum absolute atomic E-state index is 9.47. The minimum absolute atomic E-state index is 0.178. The van der Waals surface area contributed by atoms with Crippen LogP contribution in [0.3, 0.4) is 0 Å². The second-order valence-corrected chi connectivity index (χ2v) is 8.20. The predicted molar refractivity (Wildman–Crippen MR) is 120 cm³/mol. The molecule has 0 bridgehead atoms. The molecule has 1 atom stereocenters. The van der Waals surface area contributed by atoms with E-state index < -0.39 is 0 Å². The van der Waals surface area contributed by atoms with E-state index in [2.05, 4.69) is 42.4 Å². The molecular formula is C22H22BrN5O2. The molecule has 4 rings (SSSR count). The van der Waals surface area contributed by atoms with Gasteiger partial charge < -0.3 is 20.1 Å². The molecule has 1 aliphatic heterocycles. The van der Waals surface area contributed by atoms with Gasteiger partial charge in [-0.2, -0.15) is 5.26 Å². The van der Waals surface area contributed by atoms with Crippen LogP contribution in [-0.4, -0.2) is 42.1 Å². The average molecular weight is 468 g/mol. The number of fused-ring (bicyclic) bond motifs is 1.